The number of methoxy groups -OCH3 is 1. The predicted octanol–water partition coefficient (Wildman–Crippen LogP) is 4.15. The molecule has 1 atom stereocenters. The summed E-state index contributed by atoms with van der Waals surface area (Å²) in [7, 11) is 1.60. The van der Waals surface area contributed by atoms with Crippen molar-refractivity contribution in [2.24, 2.45) is 0 Å². The molecule has 1 N–H and O–H groups in total. The number of anilines is 2. The van der Waals surface area contributed by atoms with Crippen molar-refractivity contribution >= 4 is 56.9 Å². The summed E-state index contributed by atoms with van der Waals surface area (Å²) in [5, 5.41) is 3.79. The molecule has 25 heavy (non-hydrogen) atoms. The molecule has 0 saturated carbocycles. The minimum atomic E-state index is -0.0203. The molecule has 3 heterocycles. The molecule has 0 bridgehead atoms. The van der Waals surface area contributed by atoms with Crippen molar-refractivity contribution in [3.05, 3.63) is 33.4 Å². The molecule has 130 valence electrons. The van der Waals surface area contributed by atoms with E-state index in [2.05, 4.69) is 42.9 Å². The molecule has 9 heteroatoms. The molecular formula is C16H15ClIN5O2. The summed E-state index contributed by atoms with van der Waals surface area (Å²) in [5.41, 5.74) is 2.16. The van der Waals surface area contributed by atoms with Gasteiger partial charge in [0.15, 0.2) is 20.8 Å². The van der Waals surface area contributed by atoms with Crippen molar-refractivity contribution in [3.63, 3.8) is 0 Å². The first-order valence-corrected chi connectivity index (χ1v) is 9.23. The van der Waals surface area contributed by atoms with Gasteiger partial charge in [0.1, 0.15) is 12.0 Å². The normalized spacial score (nSPS) is 17.2. The Hall–Kier alpha value is -1.65. The van der Waals surface area contributed by atoms with E-state index in [4.69, 9.17) is 21.1 Å². The lowest BCUT2D eigenvalue weighted by Gasteiger charge is -2.13. The first-order valence-electron chi connectivity index (χ1n) is 7.78. The number of halogens is 2. The molecule has 1 aliphatic rings. The Balaban J connectivity index is 1.74. The van der Waals surface area contributed by atoms with Crippen molar-refractivity contribution in [2.45, 2.75) is 19.1 Å². The summed E-state index contributed by atoms with van der Waals surface area (Å²) in [6, 6.07) is 5.43. The summed E-state index contributed by atoms with van der Waals surface area (Å²) in [6.07, 6.45) is 3.73. The summed E-state index contributed by atoms with van der Waals surface area (Å²) >= 11 is 8.42. The van der Waals surface area contributed by atoms with Crippen LogP contribution in [-0.2, 0) is 4.74 Å². The van der Waals surface area contributed by atoms with Gasteiger partial charge in [0.2, 0.25) is 0 Å². The maximum atomic E-state index is 6.32. The number of fused-ring (bicyclic) bond motifs is 1. The Labute approximate surface area is 162 Å². The van der Waals surface area contributed by atoms with Crippen LogP contribution in [-0.4, -0.2) is 33.2 Å². The molecule has 1 aliphatic heterocycles. The zero-order chi connectivity index (χ0) is 17.4. The van der Waals surface area contributed by atoms with E-state index in [1.54, 1.807) is 19.5 Å². The van der Waals surface area contributed by atoms with Crippen LogP contribution in [0.1, 0.15) is 19.1 Å². The monoisotopic (exact) mass is 471 g/mol. The highest BCUT2D eigenvalue weighted by molar-refractivity contribution is 14.1. The quantitative estimate of drug-likeness (QED) is 0.455. The van der Waals surface area contributed by atoms with Gasteiger partial charge in [0.25, 0.3) is 0 Å². The van der Waals surface area contributed by atoms with Crippen LogP contribution >= 0.6 is 34.2 Å². The van der Waals surface area contributed by atoms with Gasteiger partial charge in [-0.15, -0.1) is 0 Å². The highest BCUT2D eigenvalue weighted by Gasteiger charge is 2.22. The van der Waals surface area contributed by atoms with Crippen molar-refractivity contribution in [1.29, 1.82) is 0 Å². The Morgan fingerprint density at radius 2 is 2.28 bits per heavy atom. The van der Waals surface area contributed by atoms with Crippen molar-refractivity contribution in [2.75, 3.05) is 19.0 Å². The fraction of sp³-hybridized carbons (Fsp3) is 0.312. The molecule has 0 amide bonds. The molecule has 1 saturated heterocycles. The van der Waals surface area contributed by atoms with E-state index in [1.807, 2.05) is 16.7 Å². The molecule has 3 aromatic rings. The maximum absolute atomic E-state index is 6.32. The van der Waals surface area contributed by atoms with E-state index < -0.39 is 0 Å². The molecule has 0 radical (unpaired) electrons. The number of hydrogen-bond donors (Lipinski definition) is 1. The van der Waals surface area contributed by atoms with E-state index in [-0.39, 0.29) is 6.23 Å². The first kappa shape index (κ1) is 16.8. The lowest BCUT2D eigenvalue weighted by atomic mass is 10.3. The predicted molar refractivity (Wildman–Crippen MR) is 104 cm³/mol. The lowest BCUT2D eigenvalue weighted by Crippen LogP contribution is -2.08. The topological polar surface area (TPSA) is 74.1 Å². The third-order valence-corrected chi connectivity index (χ3v) is 4.83. The molecule has 1 unspecified atom stereocenters. The van der Waals surface area contributed by atoms with Crippen LogP contribution in [0, 0.1) is 3.83 Å². The van der Waals surface area contributed by atoms with E-state index in [1.165, 1.54) is 0 Å². The van der Waals surface area contributed by atoms with E-state index in [0.29, 0.717) is 25.9 Å². The Morgan fingerprint density at radius 1 is 1.40 bits per heavy atom. The lowest BCUT2D eigenvalue weighted by molar-refractivity contribution is 0.0592. The largest absolute Gasteiger partial charge is 0.497 e. The van der Waals surface area contributed by atoms with Gasteiger partial charge < -0.3 is 14.8 Å². The van der Waals surface area contributed by atoms with Gasteiger partial charge in [-0.25, -0.2) is 15.0 Å². The van der Waals surface area contributed by atoms with Crippen molar-refractivity contribution < 1.29 is 9.47 Å². The number of hydrogen-bond acceptors (Lipinski definition) is 6. The summed E-state index contributed by atoms with van der Waals surface area (Å²) in [6.45, 7) is 0.763. The molecular weight excluding hydrogens is 457 g/mol. The highest BCUT2D eigenvalue weighted by Crippen LogP contribution is 2.32. The highest BCUT2D eigenvalue weighted by atomic mass is 127. The van der Waals surface area contributed by atoms with Crippen LogP contribution < -0.4 is 10.1 Å². The number of aromatic nitrogens is 4. The van der Waals surface area contributed by atoms with Gasteiger partial charge in [0.05, 0.1) is 24.1 Å². The van der Waals surface area contributed by atoms with E-state index in [9.17, 15) is 0 Å². The smallest absolute Gasteiger partial charge is 0.194 e. The van der Waals surface area contributed by atoms with Crippen molar-refractivity contribution in [1.82, 2.24) is 19.5 Å². The second kappa shape index (κ2) is 6.93. The molecule has 1 fully saturated rings. The zero-order valence-electron chi connectivity index (χ0n) is 13.4. The average molecular weight is 472 g/mol. The molecule has 2 aromatic heterocycles. The van der Waals surface area contributed by atoms with Gasteiger partial charge in [-0.3, -0.25) is 4.57 Å². The first-order chi connectivity index (χ1) is 12.2. The van der Waals surface area contributed by atoms with Gasteiger partial charge in [0, 0.05) is 35.3 Å². The van der Waals surface area contributed by atoms with E-state index >= 15 is 0 Å². The van der Waals surface area contributed by atoms with Gasteiger partial charge in [-0.1, -0.05) is 11.6 Å². The minimum absolute atomic E-state index is 0.0203. The zero-order valence-corrected chi connectivity index (χ0v) is 16.3. The van der Waals surface area contributed by atoms with Crippen LogP contribution in [0.25, 0.3) is 11.2 Å². The van der Waals surface area contributed by atoms with E-state index in [0.717, 1.165) is 30.8 Å². The second-order valence-electron chi connectivity index (χ2n) is 5.60. The van der Waals surface area contributed by atoms with Crippen LogP contribution in [0.15, 0.2) is 24.5 Å². The van der Waals surface area contributed by atoms with Crippen LogP contribution in [0.5, 0.6) is 5.75 Å². The SMILES string of the molecule is COc1ccc(Nc2nc(I)nc3c2ncn3C2CCCO2)c(Cl)c1. The molecule has 0 aliphatic carbocycles. The number of ether oxygens (including phenoxy) is 2. The second-order valence-corrected chi connectivity index (χ2v) is 6.98. The molecule has 1 aromatic carbocycles. The molecule has 4 rings (SSSR count). The summed E-state index contributed by atoms with van der Waals surface area (Å²) in [4.78, 5) is 13.5. The van der Waals surface area contributed by atoms with Crippen LogP contribution in [0.3, 0.4) is 0 Å². The van der Waals surface area contributed by atoms with Gasteiger partial charge in [-0.05, 0) is 25.0 Å². The van der Waals surface area contributed by atoms with Crippen LogP contribution in [0.2, 0.25) is 5.02 Å². The fourth-order valence-electron chi connectivity index (χ4n) is 2.82. The Kier molecular flexibility index (Phi) is 4.65. The molecule has 7 nitrogen and oxygen atoms in total. The third-order valence-electron chi connectivity index (χ3n) is 4.04. The Bertz CT molecular complexity index is 926. The number of benzene rings is 1. The standard InChI is InChI=1S/C16H15ClIN5O2/c1-24-9-4-5-11(10(17)7-9)20-14-13-15(22-16(18)21-14)23(8-19-13)12-3-2-6-25-12/h4-5,7-8,12H,2-3,6H2,1H3,(H,20,21,22). The Morgan fingerprint density at radius 3 is 3.00 bits per heavy atom. The fourth-order valence-corrected chi connectivity index (χ4v) is 3.51. The third kappa shape index (κ3) is 3.25. The van der Waals surface area contributed by atoms with Crippen LogP contribution in [0.4, 0.5) is 11.5 Å². The van der Waals surface area contributed by atoms with Gasteiger partial charge >= 0.3 is 0 Å². The number of nitrogens with one attached hydrogen (secondary N) is 1. The molecule has 0 spiro atoms. The maximum Gasteiger partial charge on any atom is 0.194 e. The summed E-state index contributed by atoms with van der Waals surface area (Å²) in [5.74, 6) is 1.30. The van der Waals surface area contributed by atoms with Gasteiger partial charge in [-0.2, -0.15) is 0 Å². The number of rotatable bonds is 4. The van der Waals surface area contributed by atoms with Crippen molar-refractivity contribution in [3.8, 4) is 5.75 Å². The number of nitrogens with zero attached hydrogens (tertiary/aromatic N) is 4. The average Bonchev–Trinajstić information content (AvgIpc) is 3.25. The summed E-state index contributed by atoms with van der Waals surface area (Å²) < 4.78 is 13.5. The minimum Gasteiger partial charge on any atom is -0.497 e. The number of imidazole rings is 1.